The van der Waals surface area contributed by atoms with Gasteiger partial charge in [-0.25, -0.2) is 0 Å². The van der Waals surface area contributed by atoms with E-state index < -0.39 is 49.3 Å². The zero-order valence-corrected chi connectivity index (χ0v) is 23.5. The highest BCUT2D eigenvalue weighted by Gasteiger charge is 2.53. The molecular formula is C31H40O9. The monoisotopic (exact) mass is 556 g/mol. The molecule has 11 atom stereocenters. The van der Waals surface area contributed by atoms with Gasteiger partial charge < -0.3 is 38.3 Å². The summed E-state index contributed by atoms with van der Waals surface area (Å²) in [6.07, 6.45) is -5.72. The van der Waals surface area contributed by atoms with Crippen molar-refractivity contribution in [2.45, 2.75) is 96.2 Å². The van der Waals surface area contributed by atoms with E-state index in [1.807, 2.05) is 67.6 Å². The molecule has 3 heterocycles. The lowest BCUT2D eigenvalue weighted by Gasteiger charge is -2.50. The lowest BCUT2D eigenvalue weighted by molar-refractivity contribution is -0.380. The Bertz CT molecular complexity index is 1080. The number of ether oxygens (including phenoxy) is 7. The Morgan fingerprint density at radius 3 is 2.30 bits per heavy atom. The van der Waals surface area contributed by atoms with E-state index in [0.29, 0.717) is 13.0 Å². The van der Waals surface area contributed by atoms with Crippen molar-refractivity contribution >= 4 is 5.97 Å². The van der Waals surface area contributed by atoms with Crippen molar-refractivity contribution in [3.05, 3.63) is 71.8 Å². The van der Waals surface area contributed by atoms with Gasteiger partial charge in [-0.15, -0.1) is 0 Å². The number of carbonyl (C=O) groups excluding carboxylic acids is 1. The minimum absolute atomic E-state index is 0.0120. The normalized spacial score (nSPS) is 37.9. The standard InChI is InChI=1S/C31H40O9/c1-5-23-26(18(2)19(3)29(37-23)34-16-21-12-8-6-9-13-21)39-31-28(36-20(4)32)25(33)27-24(38-31)17-35-30(40-27)22-14-10-7-11-15-22/h6-15,18-19,23-31,33H,5,16-17H2,1-4H3/t18-,19?,23?,24?,25+,26+,27-,28?,29-,30?,31+/m1/s1. The number of benzene rings is 2. The first kappa shape index (κ1) is 29.1. The summed E-state index contributed by atoms with van der Waals surface area (Å²) in [5.41, 5.74) is 1.90. The van der Waals surface area contributed by atoms with Crippen molar-refractivity contribution in [1.82, 2.24) is 0 Å². The number of rotatable bonds is 8. The average Bonchev–Trinajstić information content (AvgIpc) is 2.97. The van der Waals surface area contributed by atoms with Gasteiger partial charge in [0.15, 0.2) is 25.0 Å². The van der Waals surface area contributed by atoms with Crippen LogP contribution in [0.25, 0.3) is 0 Å². The van der Waals surface area contributed by atoms with Gasteiger partial charge in [0.2, 0.25) is 0 Å². The molecule has 9 heteroatoms. The molecule has 0 saturated carbocycles. The van der Waals surface area contributed by atoms with Gasteiger partial charge in [0, 0.05) is 18.4 Å². The highest BCUT2D eigenvalue weighted by molar-refractivity contribution is 5.66. The lowest BCUT2D eigenvalue weighted by Crippen LogP contribution is -2.64. The Labute approximate surface area is 235 Å². The molecule has 0 amide bonds. The van der Waals surface area contributed by atoms with E-state index in [-0.39, 0.29) is 30.7 Å². The zero-order valence-electron chi connectivity index (χ0n) is 23.5. The Kier molecular flexibility index (Phi) is 9.53. The van der Waals surface area contributed by atoms with Crippen molar-refractivity contribution in [2.24, 2.45) is 11.8 Å². The topological polar surface area (TPSA) is 102 Å². The molecule has 0 spiro atoms. The second-order valence-electron chi connectivity index (χ2n) is 10.9. The molecule has 9 nitrogen and oxygen atoms in total. The summed E-state index contributed by atoms with van der Waals surface area (Å²) < 4.78 is 43.0. The van der Waals surface area contributed by atoms with Gasteiger partial charge >= 0.3 is 5.97 Å². The third kappa shape index (κ3) is 6.41. The summed E-state index contributed by atoms with van der Waals surface area (Å²) in [7, 11) is 0. The summed E-state index contributed by atoms with van der Waals surface area (Å²) in [4.78, 5) is 12.1. The molecule has 3 fully saturated rings. The Balaban J connectivity index is 1.28. The maximum atomic E-state index is 12.1. The maximum absolute atomic E-state index is 12.1. The molecule has 3 saturated heterocycles. The van der Waals surface area contributed by atoms with Crippen molar-refractivity contribution < 1.29 is 43.1 Å². The maximum Gasteiger partial charge on any atom is 0.303 e. The van der Waals surface area contributed by atoms with Crippen molar-refractivity contribution in [2.75, 3.05) is 6.61 Å². The molecule has 218 valence electrons. The highest BCUT2D eigenvalue weighted by Crippen LogP contribution is 2.39. The minimum Gasteiger partial charge on any atom is -0.454 e. The van der Waals surface area contributed by atoms with Crippen LogP contribution in [-0.2, 0) is 44.6 Å². The van der Waals surface area contributed by atoms with E-state index >= 15 is 0 Å². The molecule has 0 bridgehead atoms. The van der Waals surface area contributed by atoms with Gasteiger partial charge in [0.25, 0.3) is 0 Å². The first-order valence-electron chi connectivity index (χ1n) is 14.1. The van der Waals surface area contributed by atoms with Crippen LogP contribution in [0.1, 0.15) is 51.5 Å². The van der Waals surface area contributed by atoms with E-state index in [0.717, 1.165) is 11.1 Å². The molecule has 3 aliphatic rings. The van der Waals surface area contributed by atoms with E-state index in [4.69, 9.17) is 33.2 Å². The number of esters is 1. The van der Waals surface area contributed by atoms with E-state index in [9.17, 15) is 9.90 Å². The Morgan fingerprint density at radius 1 is 0.925 bits per heavy atom. The summed E-state index contributed by atoms with van der Waals surface area (Å²) in [6.45, 7) is 8.13. The van der Waals surface area contributed by atoms with Crippen LogP contribution in [0.15, 0.2) is 60.7 Å². The largest absolute Gasteiger partial charge is 0.454 e. The first-order valence-corrected chi connectivity index (χ1v) is 14.1. The molecule has 0 aliphatic carbocycles. The second kappa shape index (κ2) is 13.1. The fourth-order valence-electron chi connectivity index (χ4n) is 5.67. The van der Waals surface area contributed by atoms with Crippen LogP contribution in [-0.4, -0.2) is 66.9 Å². The van der Waals surface area contributed by atoms with Gasteiger partial charge in [0.05, 0.1) is 25.4 Å². The minimum atomic E-state index is -1.18. The molecular weight excluding hydrogens is 516 g/mol. The van der Waals surface area contributed by atoms with Crippen LogP contribution in [0, 0.1) is 11.8 Å². The number of carbonyl (C=O) groups is 1. The Hall–Kier alpha value is -2.37. The van der Waals surface area contributed by atoms with Crippen LogP contribution < -0.4 is 0 Å². The molecule has 2 aromatic carbocycles. The lowest BCUT2D eigenvalue weighted by atomic mass is 9.83. The predicted molar refractivity (Wildman–Crippen MR) is 144 cm³/mol. The molecule has 3 aliphatic heterocycles. The summed E-state index contributed by atoms with van der Waals surface area (Å²) in [5.74, 6) is -0.510. The van der Waals surface area contributed by atoms with E-state index in [1.165, 1.54) is 6.92 Å². The fourth-order valence-corrected chi connectivity index (χ4v) is 5.67. The summed E-state index contributed by atoms with van der Waals surface area (Å²) in [6, 6.07) is 19.5. The van der Waals surface area contributed by atoms with Crippen LogP contribution in [0.5, 0.6) is 0 Å². The van der Waals surface area contributed by atoms with E-state index in [1.54, 1.807) is 0 Å². The quantitative estimate of drug-likeness (QED) is 0.481. The Morgan fingerprint density at radius 2 is 1.62 bits per heavy atom. The molecule has 0 aromatic heterocycles. The van der Waals surface area contributed by atoms with Crippen LogP contribution in [0.4, 0.5) is 0 Å². The van der Waals surface area contributed by atoms with Crippen LogP contribution in [0.2, 0.25) is 0 Å². The molecule has 2 aromatic rings. The molecule has 1 N–H and O–H groups in total. The fraction of sp³-hybridized carbons (Fsp3) is 0.581. The van der Waals surface area contributed by atoms with Gasteiger partial charge in [-0.2, -0.15) is 0 Å². The predicted octanol–water partition coefficient (Wildman–Crippen LogP) is 4.13. The number of aliphatic hydroxyl groups excluding tert-OH is 1. The van der Waals surface area contributed by atoms with Gasteiger partial charge in [-0.1, -0.05) is 81.4 Å². The van der Waals surface area contributed by atoms with Gasteiger partial charge in [-0.05, 0) is 17.9 Å². The van der Waals surface area contributed by atoms with Gasteiger partial charge in [-0.3, -0.25) is 4.79 Å². The smallest absolute Gasteiger partial charge is 0.303 e. The van der Waals surface area contributed by atoms with Crippen molar-refractivity contribution in [3.8, 4) is 0 Å². The molecule has 5 rings (SSSR count). The van der Waals surface area contributed by atoms with Gasteiger partial charge in [0.1, 0.15) is 18.3 Å². The SMILES string of the molecule is CCC1O[C@@H](OCc2ccccc2)C(C)[C@@H](C)[C@@H]1O[C@@H]1OC2COC(c3ccccc3)O[C@H]2[C@H](O)C1OC(C)=O. The summed E-state index contributed by atoms with van der Waals surface area (Å²) in [5, 5.41) is 11.4. The van der Waals surface area contributed by atoms with Crippen molar-refractivity contribution in [3.63, 3.8) is 0 Å². The highest BCUT2D eigenvalue weighted by atomic mass is 16.8. The third-order valence-corrected chi connectivity index (χ3v) is 8.09. The average molecular weight is 557 g/mol. The number of aliphatic hydroxyl groups is 1. The third-order valence-electron chi connectivity index (χ3n) is 8.09. The summed E-state index contributed by atoms with van der Waals surface area (Å²) >= 11 is 0. The number of hydrogen-bond acceptors (Lipinski definition) is 9. The molecule has 5 unspecified atom stereocenters. The molecule has 40 heavy (non-hydrogen) atoms. The first-order chi connectivity index (χ1) is 19.4. The molecule has 0 radical (unpaired) electrons. The van der Waals surface area contributed by atoms with E-state index in [2.05, 4.69) is 13.8 Å². The number of fused-ring (bicyclic) bond motifs is 1. The number of hydrogen-bond donors (Lipinski definition) is 1. The van der Waals surface area contributed by atoms with Crippen molar-refractivity contribution in [1.29, 1.82) is 0 Å². The van der Waals surface area contributed by atoms with Crippen LogP contribution >= 0.6 is 0 Å². The zero-order chi connectivity index (χ0) is 28.2. The van der Waals surface area contributed by atoms with Crippen LogP contribution in [0.3, 0.4) is 0 Å². The second-order valence-corrected chi connectivity index (χ2v) is 10.9.